The van der Waals surface area contributed by atoms with E-state index in [0.29, 0.717) is 5.56 Å². The van der Waals surface area contributed by atoms with Crippen molar-refractivity contribution in [1.29, 1.82) is 0 Å². The fourth-order valence-corrected chi connectivity index (χ4v) is 3.78. The maximum atomic E-state index is 12.5. The highest BCUT2D eigenvalue weighted by atomic mass is 16.6. The van der Waals surface area contributed by atoms with Gasteiger partial charge >= 0.3 is 0 Å². The monoisotopic (exact) mass is 409 g/mol. The van der Waals surface area contributed by atoms with Crippen molar-refractivity contribution in [3.63, 3.8) is 0 Å². The van der Waals surface area contributed by atoms with Crippen LogP contribution in [0.5, 0.6) is 0 Å². The molecule has 0 aromatic carbocycles. The van der Waals surface area contributed by atoms with E-state index in [1.807, 2.05) is 0 Å². The average Bonchev–Trinajstić information content (AvgIpc) is 3.29. The highest BCUT2D eigenvalue weighted by molar-refractivity contribution is 5.80. The molecule has 12 nitrogen and oxygen atoms in total. The molecule has 1 fully saturated rings. The Morgan fingerprint density at radius 1 is 1.21 bits per heavy atom. The van der Waals surface area contributed by atoms with Gasteiger partial charge in [-0.1, -0.05) is 12.2 Å². The van der Waals surface area contributed by atoms with Crippen molar-refractivity contribution < 1.29 is 30.3 Å². The topological polar surface area (TPSA) is 199 Å². The number of aromatic amines is 1. The summed E-state index contributed by atoms with van der Waals surface area (Å²) in [7, 11) is 0. The standard InChI is InChI=1S/C17H23N5O7/c18-17-20-14-10(15(28)21-17)6(3-19-7-1-2-8(24)11(7)25)4-22(14)16-13(27)12(26)9(5-23)29-16/h1-2,4,7-9,11-13,16,19,23-27H,3,5H2,(H3,18,20,21,28)/t7-,8-,9+,11+,12?,13-,16+/m0/s1. The van der Waals surface area contributed by atoms with Gasteiger partial charge in [0, 0.05) is 12.7 Å². The van der Waals surface area contributed by atoms with Gasteiger partial charge in [-0.05, 0) is 5.56 Å². The third kappa shape index (κ3) is 3.34. The predicted octanol–water partition coefficient (Wildman–Crippen LogP) is -3.33. The first-order chi connectivity index (χ1) is 13.8. The van der Waals surface area contributed by atoms with Gasteiger partial charge in [-0.25, -0.2) is 0 Å². The van der Waals surface area contributed by atoms with Crippen LogP contribution in [-0.4, -0.2) is 83.2 Å². The van der Waals surface area contributed by atoms with Crippen LogP contribution in [0.2, 0.25) is 0 Å². The van der Waals surface area contributed by atoms with Crippen LogP contribution in [0.1, 0.15) is 11.8 Å². The molecule has 158 valence electrons. The van der Waals surface area contributed by atoms with E-state index in [0.717, 1.165) is 0 Å². The number of aromatic nitrogens is 3. The summed E-state index contributed by atoms with van der Waals surface area (Å²) >= 11 is 0. The number of anilines is 1. The molecule has 1 aliphatic carbocycles. The second-order valence-corrected chi connectivity index (χ2v) is 7.21. The lowest BCUT2D eigenvalue weighted by atomic mass is 10.1. The zero-order valence-electron chi connectivity index (χ0n) is 15.2. The Kier molecular flexibility index (Phi) is 5.16. The van der Waals surface area contributed by atoms with Crippen LogP contribution in [0.4, 0.5) is 5.95 Å². The maximum Gasteiger partial charge on any atom is 0.262 e. The second kappa shape index (κ2) is 7.50. The third-order valence-corrected chi connectivity index (χ3v) is 5.33. The zero-order chi connectivity index (χ0) is 20.9. The largest absolute Gasteiger partial charge is 0.394 e. The van der Waals surface area contributed by atoms with Crippen LogP contribution < -0.4 is 16.6 Å². The number of H-pyrrole nitrogens is 1. The molecule has 2 aromatic rings. The molecule has 3 heterocycles. The number of aliphatic hydroxyl groups is 5. The minimum absolute atomic E-state index is 0.131. The summed E-state index contributed by atoms with van der Waals surface area (Å²) in [6, 6.07) is -0.516. The molecule has 29 heavy (non-hydrogen) atoms. The van der Waals surface area contributed by atoms with Crippen molar-refractivity contribution in [2.45, 2.75) is 49.3 Å². The lowest BCUT2D eigenvalue weighted by molar-refractivity contribution is -0.0509. The summed E-state index contributed by atoms with van der Waals surface area (Å²) in [6.45, 7) is -0.363. The average molecular weight is 409 g/mol. The molecule has 0 spiro atoms. The lowest BCUT2D eigenvalue weighted by Crippen LogP contribution is -2.40. The van der Waals surface area contributed by atoms with Crippen molar-refractivity contribution in [3.05, 3.63) is 34.3 Å². The van der Waals surface area contributed by atoms with Gasteiger partial charge < -0.3 is 45.9 Å². The normalized spacial score (nSPS) is 34.4. The van der Waals surface area contributed by atoms with E-state index in [1.165, 1.54) is 16.8 Å². The lowest BCUT2D eigenvalue weighted by Gasteiger charge is -2.18. The summed E-state index contributed by atoms with van der Waals surface area (Å²) in [5, 5.41) is 52.5. The molecule has 1 saturated heterocycles. The highest BCUT2D eigenvalue weighted by Crippen LogP contribution is 2.32. The summed E-state index contributed by atoms with van der Waals surface area (Å²) in [5.74, 6) is -0.134. The second-order valence-electron chi connectivity index (χ2n) is 7.21. The SMILES string of the molecule is Nc1nc2c(c(CN[C@H]3C=C[C@H](O)[C@@H]3O)cn2[C@@H]2O[C@H](CO)C(O)[C@@H]2O)c(=O)[nH]1. The number of nitrogens with zero attached hydrogens (tertiary/aromatic N) is 2. The van der Waals surface area contributed by atoms with Crippen LogP contribution >= 0.6 is 0 Å². The van der Waals surface area contributed by atoms with Gasteiger partial charge in [0.1, 0.15) is 24.4 Å². The number of rotatable bonds is 5. The molecule has 0 amide bonds. The molecule has 7 atom stereocenters. The number of ether oxygens (including phenoxy) is 1. The Morgan fingerprint density at radius 2 is 1.97 bits per heavy atom. The van der Waals surface area contributed by atoms with Gasteiger partial charge in [0.25, 0.3) is 5.56 Å². The molecule has 9 N–H and O–H groups in total. The molecule has 1 unspecified atom stereocenters. The molecular weight excluding hydrogens is 386 g/mol. The van der Waals surface area contributed by atoms with E-state index in [2.05, 4.69) is 15.3 Å². The third-order valence-electron chi connectivity index (χ3n) is 5.33. The van der Waals surface area contributed by atoms with Crippen LogP contribution in [0, 0.1) is 0 Å². The fourth-order valence-electron chi connectivity index (χ4n) is 3.78. The van der Waals surface area contributed by atoms with Crippen LogP contribution in [0.3, 0.4) is 0 Å². The number of fused-ring (bicyclic) bond motifs is 1. The maximum absolute atomic E-state index is 12.5. The summed E-state index contributed by atoms with van der Waals surface area (Å²) in [6.07, 6.45) is -2.13. The number of hydrogen-bond acceptors (Lipinski definition) is 10. The molecule has 0 bridgehead atoms. The van der Waals surface area contributed by atoms with Gasteiger partial charge in [-0.3, -0.25) is 9.78 Å². The van der Waals surface area contributed by atoms with E-state index >= 15 is 0 Å². The summed E-state index contributed by atoms with van der Waals surface area (Å²) < 4.78 is 6.93. The van der Waals surface area contributed by atoms with Gasteiger partial charge in [-0.15, -0.1) is 0 Å². The van der Waals surface area contributed by atoms with Gasteiger partial charge in [0.05, 0.1) is 24.1 Å². The van der Waals surface area contributed by atoms with Gasteiger partial charge in [0.15, 0.2) is 11.9 Å². The van der Waals surface area contributed by atoms with Crippen molar-refractivity contribution in [2.24, 2.45) is 0 Å². The zero-order valence-corrected chi connectivity index (χ0v) is 15.2. The summed E-state index contributed by atoms with van der Waals surface area (Å²) in [4.78, 5) is 19.1. The molecule has 2 aromatic heterocycles. The van der Waals surface area contributed by atoms with Crippen LogP contribution in [0.15, 0.2) is 23.1 Å². The Morgan fingerprint density at radius 3 is 2.59 bits per heavy atom. The smallest absolute Gasteiger partial charge is 0.262 e. The summed E-state index contributed by atoms with van der Waals surface area (Å²) in [5.41, 5.74) is 5.78. The minimum atomic E-state index is -1.36. The highest BCUT2D eigenvalue weighted by Gasteiger charge is 2.44. The van der Waals surface area contributed by atoms with E-state index in [1.54, 1.807) is 6.08 Å². The van der Waals surface area contributed by atoms with Crippen LogP contribution in [-0.2, 0) is 11.3 Å². The van der Waals surface area contributed by atoms with Gasteiger partial charge in [-0.2, -0.15) is 4.98 Å². The van der Waals surface area contributed by atoms with Gasteiger partial charge in [0.2, 0.25) is 5.95 Å². The molecule has 2 aliphatic rings. The predicted molar refractivity (Wildman–Crippen MR) is 99.6 cm³/mol. The Balaban J connectivity index is 1.71. The molecule has 0 saturated carbocycles. The molecule has 0 radical (unpaired) electrons. The number of nitrogens with one attached hydrogen (secondary N) is 2. The van der Waals surface area contributed by atoms with E-state index < -0.39 is 55.0 Å². The number of nitrogen functional groups attached to an aromatic ring is 1. The first kappa shape index (κ1) is 20.0. The first-order valence-electron chi connectivity index (χ1n) is 9.11. The first-order valence-corrected chi connectivity index (χ1v) is 9.11. The Labute approximate surface area is 163 Å². The minimum Gasteiger partial charge on any atom is -0.394 e. The van der Waals surface area contributed by atoms with Crippen molar-refractivity contribution in [1.82, 2.24) is 19.9 Å². The fraction of sp³-hybridized carbons (Fsp3) is 0.529. The number of aliphatic hydroxyl groups excluding tert-OH is 5. The van der Waals surface area contributed by atoms with E-state index in [9.17, 15) is 30.3 Å². The molecule has 12 heteroatoms. The molecular formula is C17H23N5O7. The van der Waals surface area contributed by atoms with Crippen LogP contribution in [0.25, 0.3) is 11.0 Å². The van der Waals surface area contributed by atoms with Crippen molar-refractivity contribution in [2.75, 3.05) is 12.3 Å². The quantitative estimate of drug-likeness (QED) is 0.231. The number of nitrogens with two attached hydrogens (primary N) is 1. The molecule has 1 aliphatic heterocycles. The Bertz CT molecular complexity index is 988. The number of hydrogen-bond donors (Lipinski definition) is 8. The van der Waals surface area contributed by atoms with E-state index in [-0.39, 0.29) is 23.5 Å². The van der Waals surface area contributed by atoms with Crippen molar-refractivity contribution >= 4 is 17.0 Å². The Hall–Kier alpha value is -2.32. The van der Waals surface area contributed by atoms with E-state index in [4.69, 9.17) is 10.5 Å². The molecule has 4 rings (SSSR count). The van der Waals surface area contributed by atoms with Crippen molar-refractivity contribution in [3.8, 4) is 0 Å².